The van der Waals surface area contributed by atoms with Crippen molar-refractivity contribution in [2.45, 2.75) is 6.42 Å². The largest absolute Gasteiger partial charge is 0.493 e. The fourth-order valence-electron chi connectivity index (χ4n) is 1.77. The van der Waals surface area contributed by atoms with Gasteiger partial charge in [0.15, 0.2) is 11.5 Å². The Kier molecular flexibility index (Phi) is 3.55. The molecule has 0 aromatic heterocycles. The number of methoxy groups -OCH3 is 1. The first-order chi connectivity index (χ1) is 9.43. The van der Waals surface area contributed by atoms with Crippen LogP contribution in [0.5, 0.6) is 11.5 Å². The van der Waals surface area contributed by atoms with E-state index in [9.17, 15) is 19.7 Å². The Morgan fingerprint density at radius 3 is 2.55 bits per heavy atom. The monoisotopic (exact) mass is 281 g/mol. The van der Waals surface area contributed by atoms with Gasteiger partial charge in [-0.1, -0.05) is 0 Å². The maximum atomic E-state index is 11.7. The van der Waals surface area contributed by atoms with Crippen LogP contribution >= 0.6 is 0 Å². The summed E-state index contributed by atoms with van der Waals surface area (Å²) in [5.41, 5.74) is -0.198. The van der Waals surface area contributed by atoms with Gasteiger partial charge in [0.25, 0.3) is 5.69 Å². The molecule has 8 nitrogen and oxygen atoms in total. The second kappa shape index (κ2) is 5.16. The van der Waals surface area contributed by atoms with E-state index in [1.807, 2.05) is 0 Å². The van der Waals surface area contributed by atoms with Crippen molar-refractivity contribution in [3.05, 3.63) is 28.3 Å². The Hall–Kier alpha value is -2.64. The van der Waals surface area contributed by atoms with Gasteiger partial charge in [0.05, 0.1) is 29.9 Å². The van der Waals surface area contributed by atoms with Crippen LogP contribution in [0.1, 0.15) is 6.42 Å². The van der Waals surface area contributed by atoms with Crippen LogP contribution in [0.15, 0.2) is 18.2 Å². The smallest absolute Gasteiger partial charge is 0.315 e. The van der Waals surface area contributed by atoms with Gasteiger partial charge in [0.1, 0.15) is 0 Å². The number of carboxylic acids is 1. The molecule has 0 spiro atoms. The minimum Gasteiger partial charge on any atom is -0.493 e. The molecular weight excluding hydrogens is 270 g/mol. The van der Waals surface area contributed by atoms with Crippen LogP contribution in [0, 0.1) is 22.0 Å². The summed E-state index contributed by atoms with van der Waals surface area (Å²) in [6.45, 7) is 0. The molecule has 8 heteroatoms. The molecular formula is C12H11NO7. The summed E-state index contributed by atoms with van der Waals surface area (Å²) in [5, 5.41) is 19.3. The number of benzene rings is 1. The van der Waals surface area contributed by atoms with Gasteiger partial charge in [-0.05, 0) is 12.5 Å². The second-order valence-corrected chi connectivity index (χ2v) is 4.30. The first kappa shape index (κ1) is 13.8. The minimum atomic E-state index is -1.04. The lowest BCUT2D eigenvalue weighted by Gasteiger charge is -2.08. The number of non-ortho nitro benzene ring substituents is 1. The zero-order chi connectivity index (χ0) is 14.9. The van der Waals surface area contributed by atoms with E-state index in [1.54, 1.807) is 0 Å². The first-order valence-corrected chi connectivity index (χ1v) is 5.71. The molecule has 2 rings (SSSR count). The van der Waals surface area contributed by atoms with Crippen molar-refractivity contribution in [3.63, 3.8) is 0 Å². The lowest BCUT2D eigenvalue weighted by atomic mass is 10.2. The highest BCUT2D eigenvalue weighted by molar-refractivity contribution is 5.87. The van der Waals surface area contributed by atoms with Crippen LogP contribution in [0.3, 0.4) is 0 Å². The summed E-state index contributed by atoms with van der Waals surface area (Å²) >= 11 is 0. The van der Waals surface area contributed by atoms with Gasteiger partial charge in [-0.15, -0.1) is 0 Å². The van der Waals surface area contributed by atoms with E-state index in [2.05, 4.69) is 0 Å². The number of nitro groups is 1. The van der Waals surface area contributed by atoms with Gasteiger partial charge in [0.2, 0.25) is 0 Å². The van der Waals surface area contributed by atoms with Gasteiger partial charge in [-0.2, -0.15) is 0 Å². The number of rotatable bonds is 5. The van der Waals surface area contributed by atoms with E-state index in [4.69, 9.17) is 14.6 Å². The second-order valence-electron chi connectivity index (χ2n) is 4.30. The molecule has 0 aliphatic heterocycles. The molecule has 1 aromatic rings. The van der Waals surface area contributed by atoms with Crippen LogP contribution in [0.25, 0.3) is 0 Å². The van der Waals surface area contributed by atoms with Gasteiger partial charge in [-0.3, -0.25) is 19.7 Å². The predicted octanol–water partition coefficient (Wildman–Crippen LogP) is 1.23. The quantitative estimate of drug-likeness (QED) is 0.373. The van der Waals surface area contributed by atoms with Gasteiger partial charge < -0.3 is 14.6 Å². The molecule has 2 unspecified atom stereocenters. The topological polar surface area (TPSA) is 116 Å². The number of hydrogen-bond acceptors (Lipinski definition) is 6. The summed E-state index contributed by atoms with van der Waals surface area (Å²) in [7, 11) is 1.29. The number of esters is 1. The number of aliphatic carboxylic acids is 1. The Balaban J connectivity index is 2.12. The van der Waals surface area contributed by atoms with E-state index in [0.717, 1.165) is 6.07 Å². The maximum Gasteiger partial charge on any atom is 0.315 e. The molecule has 106 valence electrons. The molecule has 1 N–H and O–H groups in total. The fraction of sp³-hybridized carbons (Fsp3) is 0.333. The number of nitro benzene ring substituents is 1. The fourth-order valence-corrected chi connectivity index (χ4v) is 1.77. The summed E-state index contributed by atoms with van der Waals surface area (Å²) in [6, 6.07) is 3.55. The van der Waals surface area contributed by atoms with Crippen molar-refractivity contribution in [1.29, 1.82) is 0 Å². The molecule has 0 amide bonds. The highest BCUT2D eigenvalue weighted by Gasteiger charge is 2.49. The average molecular weight is 281 g/mol. The number of nitrogens with zero attached hydrogens (tertiary/aromatic N) is 1. The molecule has 1 fully saturated rings. The Labute approximate surface area is 113 Å². The molecule has 0 heterocycles. The summed E-state index contributed by atoms with van der Waals surface area (Å²) < 4.78 is 9.94. The zero-order valence-electron chi connectivity index (χ0n) is 10.4. The van der Waals surface area contributed by atoms with Crippen LogP contribution in [0.4, 0.5) is 5.69 Å². The molecule has 0 bridgehead atoms. The zero-order valence-corrected chi connectivity index (χ0v) is 10.4. The summed E-state index contributed by atoms with van der Waals surface area (Å²) in [6.07, 6.45) is 0.240. The number of carbonyl (C=O) groups excluding carboxylic acids is 1. The molecule has 1 aromatic carbocycles. The first-order valence-electron chi connectivity index (χ1n) is 5.71. The van der Waals surface area contributed by atoms with Gasteiger partial charge in [0, 0.05) is 6.07 Å². The van der Waals surface area contributed by atoms with Crippen molar-refractivity contribution >= 4 is 17.6 Å². The van der Waals surface area contributed by atoms with Gasteiger partial charge >= 0.3 is 11.9 Å². The molecule has 0 radical (unpaired) electrons. The number of carbonyl (C=O) groups is 2. The van der Waals surface area contributed by atoms with Gasteiger partial charge in [-0.25, -0.2) is 0 Å². The third kappa shape index (κ3) is 2.68. The predicted molar refractivity (Wildman–Crippen MR) is 64.5 cm³/mol. The van der Waals surface area contributed by atoms with Crippen LogP contribution in [-0.4, -0.2) is 29.1 Å². The van der Waals surface area contributed by atoms with Crippen molar-refractivity contribution in [1.82, 2.24) is 0 Å². The van der Waals surface area contributed by atoms with Crippen molar-refractivity contribution in [3.8, 4) is 11.5 Å². The molecule has 2 atom stereocenters. The van der Waals surface area contributed by atoms with Crippen LogP contribution < -0.4 is 9.47 Å². The van der Waals surface area contributed by atoms with Crippen LogP contribution in [-0.2, 0) is 9.59 Å². The third-order valence-electron chi connectivity index (χ3n) is 2.98. The van der Waals surface area contributed by atoms with E-state index in [0.29, 0.717) is 0 Å². The van der Waals surface area contributed by atoms with Crippen molar-refractivity contribution in [2.75, 3.05) is 7.11 Å². The molecule has 20 heavy (non-hydrogen) atoms. The molecule has 1 aliphatic carbocycles. The molecule has 1 aliphatic rings. The van der Waals surface area contributed by atoms with E-state index in [1.165, 1.54) is 19.2 Å². The van der Waals surface area contributed by atoms with Crippen LogP contribution in [0.2, 0.25) is 0 Å². The maximum absolute atomic E-state index is 11.7. The lowest BCUT2D eigenvalue weighted by molar-refractivity contribution is -0.385. The number of carboxylic acid groups (broad SMARTS) is 1. The average Bonchev–Trinajstić information content (AvgIpc) is 3.19. The molecule has 1 saturated carbocycles. The van der Waals surface area contributed by atoms with Crippen molar-refractivity contribution in [2.24, 2.45) is 11.8 Å². The standard InChI is InChI=1S/C12H11NO7/c1-19-10-4-6(13(17)18)2-3-9(10)20-12(16)8-5-7(8)11(14)15/h2-4,7-8H,5H2,1H3,(H,14,15). The SMILES string of the molecule is COc1cc([N+](=O)[O-])ccc1OC(=O)C1CC1C(=O)O. The Bertz CT molecular complexity index is 583. The summed E-state index contributed by atoms with van der Waals surface area (Å²) in [5.74, 6) is -3.04. The highest BCUT2D eigenvalue weighted by Crippen LogP contribution is 2.41. The van der Waals surface area contributed by atoms with Crippen molar-refractivity contribution < 1.29 is 29.1 Å². The Morgan fingerprint density at radius 2 is 2.05 bits per heavy atom. The third-order valence-corrected chi connectivity index (χ3v) is 2.98. The summed E-state index contributed by atoms with van der Waals surface area (Å²) in [4.78, 5) is 32.4. The minimum absolute atomic E-state index is 0.0270. The molecule has 0 saturated heterocycles. The van der Waals surface area contributed by atoms with E-state index in [-0.39, 0.29) is 23.6 Å². The number of ether oxygens (including phenoxy) is 2. The van der Waals surface area contributed by atoms with E-state index >= 15 is 0 Å². The number of hydrogen-bond donors (Lipinski definition) is 1. The van der Waals surface area contributed by atoms with E-state index < -0.39 is 28.7 Å². The Morgan fingerprint density at radius 1 is 1.35 bits per heavy atom. The lowest BCUT2D eigenvalue weighted by Crippen LogP contribution is -2.14. The normalized spacial score (nSPS) is 20.1. The highest BCUT2D eigenvalue weighted by atomic mass is 16.6.